The summed E-state index contributed by atoms with van der Waals surface area (Å²) in [5, 5.41) is 8.58. The standard InChI is InChI=1S/C10H16O2/c1-7(2)5-9(8(3)4)6-10(11)12/h5H,6H2,1-4H3,(H,11,12). The van der Waals surface area contributed by atoms with Crippen LogP contribution in [-0.4, -0.2) is 11.1 Å². The van der Waals surface area contributed by atoms with Gasteiger partial charge in [-0.2, -0.15) is 0 Å². The minimum absolute atomic E-state index is 0.119. The molecule has 0 aliphatic rings. The maximum Gasteiger partial charge on any atom is 0.307 e. The van der Waals surface area contributed by atoms with E-state index in [0.717, 1.165) is 16.7 Å². The van der Waals surface area contributed by atoms with E-state index >= 15 is 0 Å². The van der Waals surface area contributed by atoms with Crippen LogP contribution in [0.2, 0.25) is 0 Å². The van der Waals surface area contributed by atoms with Crippen molar-refractivity contribution in [2.75, 3.05) is 0 Å². The molecule has 0 aromatic carbocycles. The van der Waals surface area contributed by atoms with E-state index in [1.165, 1.54) is 0 Å². The predicted octanol–water partition coefficient (Wildman–Crippen LogP) is 2.76. The van der Waals surface area contributed by atoms with Gasteiger partial charge in [-0.15, -0.1) is 0 Å². The van der Waals surface area contributed by atoms with Gasteiger partial charge in [0.1, 0.15) is 0 Å². The fraction of sp³-hybridized carbons (Fsp3) is 0.500. The number of carbonyl (C=O) groups is 1. The Hall–Kier alpha value is -1.05. The molecule has 0 amide bonds. The lowest BCUT2D eigenvalue weighted by Crippen LogP contribution is -1.97. The Kier molecular flexibility index (Phi) is 4.34. The van der Waals surface area contributed by atoms with Gasteiger partial charge in [0.2, 0.25) is 0 Å². The molecule has 2 nitrogen and oxygen atoms in total. The van der Waals surface area contributed by atoms with Crippen molar-refractivity contribution >= 4 is 5.97 Å². The third kappa shape index (κ3) is 4.72. The zero-order valence-electron chi connectivity index (χ0n) is 8.14. The molecular weight excluding hydrogens is 152 g/mol. The first-order valence-corrected chi connectivity index (χ1v) is 3.96. The molecule has 0 saturated carbocycles. The molecule has 0 radical (unpaired) electrons. The molecule has 0 aromatic heterocycles. The third-order valence-corrected chi connectivity index (χ3v) is 1.45. The summed E-state index contributed by atoms with van der Waals surface area (Å²) >= 11 is 0. The van der Waals surface area contributed by atoms with Crippen LogP contribution in [0.15, 0.2) is 22.8 Å². The highest BCUT2D eigenvalue weighted by molar-refractivity contribution is 5.71. The van der Waals surface area contributed by atoms with Gasteiger partial charge in [0, 0.05) is 0 Å². The summed E-state index contributed by atoms with van der Waals surface area (Å²) in [4.78, 5) is 10.4. The molecule has 0 atom stereocenters. The molecule has 0 aliphatic heterocycles. The van der Waals surface area contributed by atoms with Crippen LogP contribution < -0.4 is 0 Å². The van der Waals surface area contributed by atoms with Gasteiger partial charge in [0.25, 0.3) is 0 Å². The van der Waals surface area contributed by atoms with Gasteiger partial charge in [-0.3, -0.25) is 4.79 Å². The summed E-state index contributed by atoms with van der Waals surface area (Å²) < 4.78 is 0. The van der Waals surface area contributed by atoms with Crippen molar-refractivity contribution in [2.24, 2.45) is 0 Å². The number of hydrogen-bond acceptors (Lipinski definition) is 1. The summed E-state index contributed by atoms with van der Waals surface area (Å²) in [6.45, 7) is 7.78. The van der Waals surface area contributed by atoms with E-state index in [-0.39, 0.29) is 6.42 Å². The SMILES string of the molecule is CC(C)=CC(CC(=O)O)=C(C)C. The molecule has 0 spiro atoms. The summed E-state index contributed by atoms with van der Waals surface area (Å²) in [6.07, 6.45) is 2.04. The maximum atomic E-state index is 10.4. The van der Waals surface area contributed by atoms with Crippen LogP contribution in [0.1, 0.15) is 34.1 Å². The lowest BCUT2D eigenvalue weighted by molar-refractivity contribution is -0.136. The van der Waals surface area contributed by atoms with Crippen LogP contribution in [-0.2, 0) is 4.79 Å². The topological polar surface area (TPSA) is 37.3 Å². The van der Waals surface area contributed by atoms with Crippen LogP contribution in [0.4, 0.5) is 0 Å². The molecule has 0 saturated heterocycles. The van der Waals surface area contributed by atoms with Gasteiger partial charge in [0.15, 0.2) is 0 Å². The molecule has 0 bridgehead atoms. The van der Waals surface area contributed by atoms with Gasteiger partial charge in [-0.1, -0.05) is 17.2 Å². The van der Waals surface area contributed by atoms with Gasteiger partial charge in [-0.25, -0.2) is 0 Å². The minimum atomic E-state index is -0.774. The number of aliphatic carboxylic acids is 1. The molecular formula is C10H16O2. The fourth-order valence-electron chi connectivity index (χ4n) is 0.884. The Morgan fingerprint density at radius 1 is 1.25 bits per heavy atom. The Labute approximate surface area is 73.6 Å². The van der Waals surface area contributed by atoms with Crippen molar-refractivity contribution < 1.29 is 9.90 Å². The largest absolute Gasteiger partial charge is 0.481 e. The Balaban J connectivity index is 4.60. The monoisotopic (exact) mass is 168 g/mol. The van der Waals surface area contributed by atoms with Gasteiger partial charge >= 0.3 is 5.97 Å². The van der Waals surface area contributed by atoms with Crippen LogP contribution in [0, 0.1) is 0 Å². The van der Waals surface area contributed by atoms with Gasteiger partial charge in [0.05, 0.1) is 6.42 Å². The summed E-state index contributed by atoms with van der Waals surface area (Å²) in [6, 6.07) is 0. The van der Waals surface area contributed by atoms with Crippen LogP contribution >= 0.6 is 0 Å². The number of allylic oxidation sites excluding steroid dienone is 3. The highest BCUT2D eigenvalue weighted by Crippen LogP contribution is 2.12. The molecule has 0 heterocycles. The Morgan fingerprint density at radius 3 is 2.00 bits per heavy atom. The second-order valence-corrected chi connectivity index (χ2v) is 3.32. The molecule has 12 heavy (non-hydrogen) atoms. The average molecular weight is 168 g/mol. The zero-order valence-corrected chi connectivity index (χ0v) is 8.14. The highest BCUT2D eigenvalue weighted by Gasteiger charge is 2.02. The maximum absolute atomic E-state index is 10.4. The van der Waals surface area contributed by atoms with E-state index in [2.05, 4.69) is 0 Å². The lowest BCUT2D eigenvalue weighted by atomic mass is 10.1. The first-order chi connectivity index (χ1) is 5.43. The molecule has 0 fully saturated rings. The van der Waals surface area contributed by atoms with E-state index in [1.54, 1.807) is 0 Å². The first kappa shape index (κ1) is 11.0. The van der Waals surface area contributed by atoms with E-state index in [9.17, 15) is 4.79 Å². The average Bonchev–Trinajstić information content (AvgIpc) is 1.83. The number of hydrogen-bond donors (Lipinski definition) is 1. The third-order valence-electron chi connectivity index (χ3n) is 1.45. The van der Waals surface area contributed by atoms with Crippen molar-refractivity contribution in [1.82, 2.24) is 0 Å². The molecule has 0 aliphatic carbocycles. The van der Waals surface area contributed by atoms with E-state index in [1.807, 2.05) is 33.8 Å². The number of carboxylic acids is 1. The molecule has 0 rings (SSSR count). The minimum Gasteiger partial charge on any atom is -0.481 e. The van der Waals surface area contributed by atoms with E-state index in [4.69, 9.17) is 5.11 Å². The smallest absolute Gasteiger partial charge is 0.307 e. The highest BCUT2D eigenvalue weighted by atomic mass is 16.4. The van der Waals surface area contributed by atoms with Crippen molar-refractivity contribution in [1.29, 1.82) is 0 Å². The molecule has 0 unspecified atom stereocenters. The zero-order chi connectivity index (χ0) is 9.72. The molecule has 2 heteroatoms. The Morgan fingerprint density at radius 2 is 1.75 bits per heavy atom. The molecule has 1 N–H and O–H groups in total. The second-order valence-electron chi connectivity index (χ2n) is 3.32. The number of rotatable bonds is 3. The van der Waals surface area contributed by atoms with Crippen molar-refractivity contribution in [3.05, 3.63) is 22.8 Å². The quantitative estimate of drug-likeness (QED) is 0.658. The predicted molar refractivity (Wildman–Crippen MR) is 50.1 cm³/mol. The van der Waals surface area contributed by atoms with Crippen molar-refractivity contribution in [3.8, 4) is 0 Å². The second kappa shape index (κ2) is 4.75. The van der Waals surface area contributed by atoms with Crippen LogP contribution in [0.25, 0.3) is 0 Å². The molecule has 0 aromatic rings. The van der Waals surface area contributed by atoms with Crippen LogP contribution in [0.3, 0.4) is 0 Å². The van der Waals surface area contributed by atoms with Gasteiger partial charge < -0.3 is 5.11 Å². The van der Waals surface area contributed by atoms with Gasteiger partial charge in [-0.05, 0) is 33.3 Å². The fourth-order valence-corrected chi connectivity index (χ4v) is 0.884. The van der Waals surface area contributed by atoms with Crippen molar-refractivity contribution in [2.45, 2.75) is 34.1 Å². The normalized spacial score (nSPS) is 9.00. The van der Waals surface area contributed by atoms with Crippen LogP contribution in [0.5, 0.6) is 0 Å². The summed E-state index contributed by atoms with van der Waals surface area (Å²) in [5.74, 6) is -0.774. The van der Waals surface area contributed by atoms with E-state index in [0.29, 0.717) is 0 Å². The summed E-state index contributed by atoms with van der Waals surface area (Å²) in [7, 11) is 0. The number of carboxylic acid groups (broad SMARTS) is 1. The van der Waals surface area contributed by atoms with Crippen molar-refractivity contribution in [3.63, 3.8) is 0 Å². The lowest BCUT2D eigenvalue weighted by Gasteiger charge is -2.01. The summed E-state index contributed by atoms with van der Waals surface area (Å²) in [5.41, 5.74) is 3.11. The van der Waals surface area contributed by atoms with E-state index < -0.39 is 5.97 Å². The molecule has 68 valence electrons. The first-order valence-electron chi connectivity index (χ1n) is 3.96. The Bertz CT molecular complexity index is 226.